The summed E-state index contributed by atoms with van der Waals surface area (Å²) in [7, 11) is 0. The van der Waals surface area contributed by atoms with E-state index in [9.17, 15) is 18.0 Å². The predicted molar refractivity (Wildman–Crippen MR) is 98.9 cm³/mol. The number of hydrogen-bond donors (Lipinski definition) is 0. The fourth-order valence-corrected chi connectivity index (χ4v) is 2.72. The number of halogens is 3. The van der Waals surface area contributed by atoms with Crippen molar-refractivity contribution >= 4 is 5.97 Å². The van der Waals surface area contributed by atoms with Gasteiger partial charge in [0.15, 0.2) is 17.3 Å². The first-order chi connectivity index (χ1) is 14.8. The molecule has 160 valence electrons. The number of fused-ring (bicyclic) bond motifs is 1. The molecule has 1 aliphatic rings. The molecular weight excluding hydrogens is 419 g/mol. The van der Waals surface area contributed by atoms with Crippen LogP contribution in [0.25, 0.3) is 11.4 Å². The summed E-state index contributed by atoms with van der Waals surface area (Å²) in [6, 6.07) is 9.08. The van der Waals surface area contributed by atoms with Crippen LogP contribution in [0, 0.1) is 0 Å². The maximum atomic E-state index is 13.0. The number of alkyl halides is 3. The van der Waals surface area contributed by atoms with Crippen molar-refractivity contribution in [1.82, 2.24) is 15.2 Å². The molecule has 0 atom stereocenters. The van der Waals surface area contributed by atoms with E-state index in [1.54, 1.807) is 19.1 Å². The van der Waals surface area contributed by atoms with Gasteiger partial charge < -0.3 is 18.9 Å². The number of aromatic nitrogens is 3. The Morgan fingerprint density at radius 1 is 1.10 bits per heavy atom. The van der Waals surface area contributed by atoms with Gasteiger partial charge in [0.25, 0.3) is 5.88 Å². The van der Waals surface area contributed by atoms with Gasteiger partial charge in [0.05, 0.1) is 12.2 Å². The van der Waals surface area contributed by atoms with Gasteiger partial charge in [-0.05, 0) is 31.2 Å². The third kappa shape index (κ3) is 4.34. The summed E-state index contributed by atoms with van der Waals surface area (Å²) in [4.78, 5) is 16.4. The van der Waals surface area contributed by atoms with Gasteiger partial charge in [0, 0.05) is 11.6 Å². The van der Waals surface area contributed by atoms with Gasteiger partial charge >= 0.3 is 12.1 Å². The lowest BCUT2D eigenvalue weighted by Crippen LogP contribution is -2.12. The van der Waals surface area contributed by atoms with Gasteiger partial charge in [-0.1, -0.05) is 12.1 Å². The molecule has 1 aromatic heterocycles. The molecule has 31 heavy (non-hydrogen) atoms. The predicted octanol–water partition coefficient (Wildman–Crippen LogP) is 4.26. The van der Waals surface area contributed by atoms with Crippen LogP contribution in [-0.2, 0) is 10.9 Å². The first-order valence-electron chi connectivity index (χ1n) is 9.02. The summed E-state index contributed by atoms with van der Waals surface area (Å²) in [6.45, 7) is 1.73. The highest BCUT2D eigenvalue weighted by Crippen LogP contribution is 2.37. The molecule has 0 spiro atoms. The minimum Gasteiger partial charge on any atom is -0.461 e. The zero-order valence-corrected chi connectivity index (χ0v) is 16.0. The van der Waals surface area contributed by atoms with Crippen LogP contribution in [-0.4, -0.2) is 34.6 Å². The molecule has 0 unspecified atom stereocenters. The number of carbonyl (C=O) groups excluding carboxylic acids is 1. The molecule has 1 aliphatic heterocycles. The standard InChI is InChI=1S/C20H14F3N3O5/c1-2-28-19(27)16-18(31-13-6-7-14-15(9-13)30-10-29-14)24-17(26-25-16)11-4-3-5-12(8-11)20(21,22)23/h3-9H,2,10H2,1H3. The maximum Gasteiger partial charge on any atom is 0.416 e. The molecule has 4 rings (SSSR count). The molecule has 2 heterocycles. The number of rotatable bonds is 5. The lowest BCUT2D eigenvalue weighted by molar-refractivity contribution is -0.137. The van der Waals surface area contributed by atoms with Crippen LogP contribution in [0.3, 0.4) is 0 Å². The highest BCUT2D eigenvalue weighted by molar-refractivity contribution is 5.89. The van der Waals surface area contributed by atoms with E-state index < -0.39 is 17.7 Å². The number of ether oxygens (including phenoxy) is 4. The summed E-state index contributed by atoms with van der Waals surface area (Å²) < 4.78 is 60.3. The number of carbonyl (C=O) groups is 1. The fourth-order valence-electron chi connectivity index (χ4n) is 2.72. The molecule has 2 aromatic carbocycles. The number of esters is 1. The van der Waals surface area contributed by atoms with Crippen LogP contribution in [0.2, 0.25) is 0 Å². The van der Waals surface area contributed by atoms with E-state index >= 15 is 0 Å². The number of hydrogen-bond acceptors (Lipinski definition) is 8. The molecule has 0 aliphatic carbocycles. The van der Waals surface area contributed by atoms with Crippen molar-refractivity contribution in [2.24, 2.45) is 0 Å². The molecule has 8 nitrogen and oxygen atoms in total. The van der Waals surface area contributed by atoms with E-state index in [1.165, 1.54) is 18.2 Å². The van der Waals surface area contributed by atoms with Crippen LogP contribution >= 0.6 is 0 Å². The number of nitrogens with zero attached hydrogens (tertiary/aromatic N) is 3. The summed E-state index contributed by atoms with van der Waals surface area (Å²) in [5, 5.41) is 7.57. The average Bonchev–Trinajstić information content (AvgIpc) is 3.21. The Hall–Kier alpha value is -3.89. The van der Waals surface area contributed by atoms with Crippen LogP contribution in [0.5, 0.6) is 23.1 Å². The molecule has 0 N–H and O–H groups in total. The van der Waals surface area contributed by atoms with Crippen molar-refractivity contribution in [1.29, 1.82) is 0 Å². The van der Waals surface area contributed by atoms with E-state index in [4.69, 9.17) is 18.9 Å². The third-order valence-corrected chi connectivity index (χ3v) is 4.13. The minimum atomic E-state index is -4.54. The Labute approximate surface area is 173 Å². The van der Waals surface area contributed by atoms with Gasteiger partial charge in [-0.25, -0.2) is 4.79 Å². The Bertz CT molecular complexity index is 1140. The molecule has 0 fully saturated rings. The van der Waals surface area contributed by atoms with Crippen molar-refractivity contribution < 1.29 is 36.9 Å². The third-order valence-electron chi connectivity index (χ3n) is 4.13. The van der Waals surface area contributed by atoms with Crippen molar-refractivity contribution in [3.05, 3.63) is 53.7 Å². The second kappa shape index (κ2) is 8.09. The van der Waals surface area contributed by atoms with Crippen molar-refractivity contribution in [3.63, 3.8) is 0 Å². The van der Waals surface area contributed by atoms with E-state index in [1.807, 2.05) is 0 Å². The average molecular weight is 433 g/mol. The maximum absolute atomic E-state index is 13.0. The minimum absolute atomic E-state index is 0.0493. The molecule has 0 radical (unpaired) electrons. The molecule has 0 amide bonds. The second-order valence-corrected chi connectivity index (χ2v) is 6.21. The highest BCUT2D eigenvalue weighted by Gasteiger charge is 2.31. The van der Waals surface area contributed by atoms with Crippen molar-refractivity contribution in [2.45, 2.75) is 13.1 Å². The monoisotopic (exact) mass is 433 g/mol. The summed E-state index contributed by atoms with van der Waals surface area (Å²) in [5.74, 6) is -0.0903. The van der Waals surface area contributed by atoms with Gasteiger partial charge in [0.1, 0.15) is 5.75 Å². The largest absolute Gasteiger partial charge is 0.461 e. The molecule has 11 heteroatoms. The van der Waals surface area contributed by atoms with Crippen LogP contribution in [0.1, 0.15) is 23.0 Å². The quantitative estimate of drug-likeness (QED) is 0.552. The van der Waals surface area contributed by atoms with Gasteiger partial charge in [0.2, 0.25) is 12.5 Å². The van der Waals surface area contributed by atoms with Crippen molar-refractivity contribution in [2.75, 3.05) is 13.4 Å². The zero-order valence-electron chi connectivity index (χ0n) is 16.0. The van der Waals surface area contributed by atoms with Crippen LogP contribution in [0.4, 0.5) is 13.2 Å². The second-order valence-electron chi connectivity index (χ2n) is 6.21. The lowest BCUT2D eigenvalue weighted by atomic mass is 10.1. The summed E-state index contributed by atoms with van der Waals surface area (Å²) in [6.07, 6.45) is -4.54. The van der Waals surface area contributed by atoms with E-state index in [-0.39, 0.29) is 42.1 Å². The fraction of sp³-hybridized carbons (Fsp3) is 0.200. The first kappa shape index (κ1) is 20.4. The zero-order chi connectivity index (χ0) is 22.0. The SMILES string of the molecule is CCOC(=O)c1nnc(-c2cccc(C(F)(F)F)c2)nc1Oc1ccc2c(c1)OCO2. The van der Waals surface area contributed by atoms with Crippen molar-refractivity contribution in [3.8, 4) is 34.5 Å². The normalized spacial score (nSPS) is 12.5. The molecule has 3 aromatic rings. The number of benzene rings is 2. The first-order valence-corrected chi connectivity index (χ1v) is 9.02. The van der Waals surface area contributed by atoms with E-state index in [2.05, 4.69) is 15.2 Å². The van der Waals surface area contributed by atoms with Crippen LogP contribution in [0.15, 0.2) is 42.5 Å². The van der Waals surface area contributed by atoms with E-state index in [0.29, 0.717) is 11.5 Å². The van der Waals surface area contributed by atoms with Gasteiger partial charge in [-0.2, -0.15) is 18.2 Å². The van der Waals surface area contributed by atoms with E-state index in [0.717, 1.165) is 12.1 Å². The smallest absolute Gasteiger partial charge is 0.416 e. The lowest BCUT2D eigenvalue weighted by Gasteiger charge is -2.11. The molecule has 0 bridgehead atoms. The topological polar surface area (TPSA) is 92.7 Å². The molecular formula is C20H14F3N3O5. The highest BCUT2D eigenvalue weighted by atomic mass is 19.4. The molecule has 0 saturated heterocycles. The van der Waals surface area contributed by atoms with Crippen LogP contribution < -0.4 is 14.2 Å². The Morgan fingerprint density at radius 3 is 2.68 bits per heavy atom. The Kier molecular flexibility index (Phi) is 5.32. The molecule has 0 saturated carbocycles. The van der Waals surface area contributed by atoms with Gasteiger partial charge in [-0.15, -0.1) is 10.2 Å². The summed E-state index contributed by atoms with van der Waals surface area (Å²) in [5.41, 5.74) is -1.15. The summed E-state index contributed by atoms with van der Waals surface area (Å²) >= 11 is 0. The Balaban J connectivity index is 1.74. The van der Waals surface area contributed by atoms with Gasteiger partial charge in [-0.3, -0.25) is 0 Å². The Morgan fingerprint density at radius 2 is 1.90 bits per heavy atom.